The van der Waals surface area contributed by atoms with Crippen LogP contribution in [0, 0.1) is 6.92 Å². The number of hydrogen-bond acceptors (Lipinski definition) is 6. The lowest BCUT2D eigenvalue weighted by atomic mass is 10.2. The first-order valence-corrected chi connectivity index (χ1v) is 9.76. The summed E-state index contributed by atoms with van der Waals surface area (Å²) in [5.74, 6) is 0.985. The molecule has 0 radical (unpaired) electrons. The summed E-state index contributed by atoms with van der Waals surface area (Å²) in [7, 11) is 0. The Balaban J connectivity index is 1.38. The van der Waals surface area contributed by atoms with E-state index in [2.05, 4.69) is 19.9 Å². The van der Waals surface area contributed by atoms with E-state index in [1.807, 2.05) is 52.1 Å². The molecule has 0 atom stereocenters. The van der Waals surface area contributed by atoms with Crippen LogP contribution in [0.2, 0.25) is 0 Å². The van der Waals surface area contributed by atoms with E-state index in [9.17, 15) is 4.79 Å². The van der Waals surface area contributed by atoms with E-state index in [0.29, 0.717) is 18.8 Å². The van der Waals surface area contributed by atoms with E-state index in [1.54, 1.807) is 17.7 Å². The normalized spacial score (nSPS) is 15.0. The molecule has 0 saturated carbocycles. The Hall–Kier alpha value is -3.00. The lowest BCUT2D eigenvalue weighted by Crippen LogP contribution is -2.49. The summed E-state index contributed by atoms with van der Waals surface area (Å²) in [6.07, 6.45) is 3.52. The number of fused-ring (bicyclic) bond motifs is 2. The summed E-state index contributed by atoms with van der Waals surface area (Å²) in [6, 6.07) is 8.03. The largest absolute Gasteiger partial charge is 0.352 e. The maximum Gasteiger partial charge on any atom is 0.272 e. The van der Waals surface area contributed by atoms with Gasteiger partial charge in [-0.3, -0.25) is 9.20 Å². The molecule has 8 heteroatoms. The van der Waals surface area contributed by atoms with Gasteiger partial charge in [-0.05, 0) is 19.1 Å². The van der Waals surface area contributed by atoms with E-state index in [1.165, 1.54) is 0 Å². The van der Waals surface area contributed by atoms with Crippen LogP contribution in [0.25, 0.3) is 15.9 Å². The van der Waals surface area contributed by atoms with Crippen molar-refractivity contribution < 1.29 is 4.79 Å². The highest BCUT2D eigenvalue weighted by Crippen LogP contribution is 2.24. The van der Waals surface area contributed by atoms with E-state index in [0.717, 1.165) is 40.5 Å². The molecule has 7 nitrogen and oxygen atoms in total. The highest BCUT2D eigenvalue weighted by Gasteiger charge is 2.27. The Bertz CT molecular complexity index is 1140. The van der Waals surface area contributed by atoms with Crippen molar-refractivity contribution in [2.24, 2.45) is 0 Å². The van der Waals surface area contributed by atoms with Gasteiger partial charge in [0.15, 0.2) is 4.96 Å². The minimum Gasteiger partial charge on any atom is -0.352 e. The fourth-order valence-electron chi connectivity index (χ4n) is 3.67. The zero-order chi connectivity index (χ0) is 18.4. The number of piperazine rings is 1. The second-order valence-corrected chi connectivity index (χ2v) is 7.47. The molecule has 5 rings (SSSR count). The van der Waals surface area contributed by atoms with Crippen molar-refractivity contribution in [3.8, 4) is 0 Å². The first kappa shape index (κ1) is 16.2. The molecule has 136 valence electrons. The quantitative estimate of drug-likeness (QED) is 0.536. The third-order valence-corrected chi connectivity index (χ3v) is 5.78. The molecule has 1 aliphatic heterocycles. The number of nitrogens with zero attached hydrogens (tertiary/aromatic N) is 6. The summed E-state index contributed by atoms with van der Waals surface area (Å²) in [5, 5.41) is 3.00. The van der Waals surface area contributed by atoms with Crippen molar-refractivity contribution in [1.29, 1.82) is 0 Å². The van der Waals surface area contributed by atoms with Crippen molar-refractivity contribution in [1.82, 2.24) is 24.3 Å². The van der Waals surface area contributed by atoms with E-state index >= 15 is 0 Å². The molecule has 3 aromatic heterocycles. The van der Waals surface area contributed by atoms with Gasteiger partial charge in [-0.2, -0.15) is 0 Å². The number of rotatable bonds is 2. The number of imidazole rings is 1. The number of aromatic nitrogens is 4. The van der Waals surface area contributed by atoms with Gasteiger partial charge >= 0.3 is 0 Å². The first-order valence-electron chi connectivity index (χ1n) is 8.88. The zero-order valence-electron chi connectivity index (χ0n) is 14.9. The van der Waals surface area contributed by atoms with E-state index in [-0.39, 0.29) is 5.91 Å². The molecule has 1 amide bonds. The van der Waals surface area contributed by atoms with Gasteiger partial charge in [0.05, 0.1) is 11.2 Å². The van der Waals surface area contributed by atoms with Crippen LogP contribution >= 0.6 is 11.3 Å². The number of benzene rings is 1. The van der Waals surface area contributed by atoms with Crippen LogP contribution < -0.4 is 4.90 Å². The van der Waals surface area contributed by atoms with Gasteiger partial charge in [0.1, 0.15) is 17.8 Å². The maximum absolute atomic E-state index is 13.1. The second kappa shape index (κ2) is 6.31. The van der Waals surface area contributed by atoms with Crippen LogP contribution in [0.5, 0.6) is 0 Å². The SMILES string of the molecule is Cc1nc2sccn2c1C(=O)N1CCN(c2ncnc3ccccc23)CC1. The van der Waals surface area contributed by atoms with Crippen molar-refractivity contribution in [3.63, 3.8) is 0 Å². The molecule has 1 aliphatic rings. The van der Waals surface area contributed by atoms with Gasteiger partial charge < -0.3 is 9.80 Å². The monoisotopic (exact) mass is 378 g/mol. The average Bonchev–Trinajstić information content (AvgIpc) is 3.27. The van der Waals surface area contributed by atoms with Crippen LogP contribution in [0.15, 0.2) is 42.2 Å². The molecule has 0 aliphatic carbocycles. The van der Waals surface area contributed by atoms with Crippen molar-refractivity contribution >= 4 is 38.9 Å². The van der Waals surface area contributed by atoms with Gasteiger partial charge in [0.2, 0.25) is 0 Å². The van der Waals surface area contributed by atoms with Gasteiger partial charge in [-0.15, -0.1) is 11.3 Å². The molecular formula is C19H18N6OS. The predicted octanol–water partition coefficient (Wildman–Crippen LogP) is 2.61. The number of amides is 1. The fourth-order valence-corrected chi connectivity index (χ4v) is 4.42. The Labute approximate surface area is 159 Å². The van der Waals surface area contributed by atoms with E-state index in [4.69, 9.17) is 0 Å². The summed E-state index contributed by atoms with van der Waals surface area (Å²) in [6.45, 7) is 4.72. The second-order valence-electron chi connectivity index (χ2n) is 6.60. The van der Waals surface area contributed by atoms with Gasteiger partial charge in [-0.1, -0.05) is 12.1 Å². The summed E-state index contributed by atoms with van der Waals surface area (Å²) >= 11 is 1.54. The zero-order valence-corrected chi connectivity index (χ0v) is 15.7. The van der Waals surface area contributed by atoms with Gasteiger partial charge in [0, 0.05) is 43.1 Å². The molecule has 1 fully saturated rings. The summed E-state index contributed by atoms with van der Waals surface area (Å²) in [5.41, 5.74) is 2.40. The number of thiazole rings is 1. The maximum atomic E-state index is 13.1. The van der Waals surface area contributed by atoms with Crippen LogP contribution in [-0.4, -0.2) is 56.3 Å². The predicted molar refractivity (Wildman–Crippen MR) is 105 cm³/mol. The smallest absolute Gasteiger partial charge is 0.272 e. The standard InChI is InChI=1S/C19H18N6OS/c1-13-16(25-10-11-27-19(25)22-13)18(26)24-8-6-23(7-9-24)17-14-4-2-3-5-15(14)20-12-21-17/h2-5,10-12H,6-9H2,1H3. The fraction of sp³-hybridized carbons (Fsp3) is 0.263. The van der Waals surface area contributed by atoms with Crippen molar-refractivity contribution in [2.75, 3.05) is 31.1 Å². The average molecular weight is 378 g/mol. The van der Waals surface area contributed by atoms with E-state index < -0.39 is 0 Å². The van der Waals surface area contributed by atoms with Gasteiger partial charge in [-0.25, -0.2) is 15.0 Å². The third-order valence-electron chi connectivity index (χ3n) is 5.03. The minimum absolute atomic E-state index is 0.0468. The van der Waals surface area contributed by atoms with Crippen LogP contribution in [0.3, 0.4) is 0 Å². The molecule has 0 spiro atoms. The topological polar surface area (TPSA) is 66.6 Å². The number of para-hydroxylation sites is 1. The Morgan fingerprint density at radius 2 is 1.93 bits per heavy atom. The highest BCUT2D eigenvalue weighted by atomic mass is 32.1. The molecule has 1 saturated heterocycles. The lowest BCUT2D eigenvalue weighted by molar-refractivity contribution is 0.0739. The first-order chi connectivity index (χ1) is 13.2. The lowest BCUT2D eigenvalue weighted by Gasteiger charge is -2.35. The van der Waals surface area contributed by atoms with Crippen LogP contribution in [0.4, 0.5) is 5.82 Å². The van der Waals surface area contributed by atoms with Crippen molar-refractivity contribution in [3.05, 3.63) is 53.6 Å². The highest BCUT2D eigenvalue weighted by molar-refractivity contribution is 7.15. The number of carbonyl (C=O) groups excluding carboxylic acids is 1. The molecule has 4 aromatic rings. The molecule has 0 bridgehead atoms. The van der Waals surface area contributed by atoms with Gasteiger partial charge in [0.25, 0.3) is 5.91 Å². The molecule has 4 heterocycles. The number of carbonyl (C=O) groups is 1. The summed E-state index contributed by atoms with van der Waals surface area (Å²) < 4.78 is 1.90. The third kappa shape index (κ3) is 2.64. The van der Waals surface area contributed by atoms with Crippen LogP contribution in [-0.2, 0) is 0 Å². The summed E-state index contributed by atoms with van der Waals surface area (Å²) in [4.78, 5) is 31.4. The molecule has 0 unspecified atom stereocenters. The molecule has 27 heavy (non-hydrogen) atoms. The molecule has 0 N–H and O–H groups in total. The Morgan fingerprint density at radius 3 is 2.78 bits per heavy atom. The van der Waals surface area contributed by atoms with Crippen LogP contribution in [0.1, 0.15) is 16.2 Å². The molecule has 1 aromatic carbocycles. The van der Waals surface area contributed by atoms with Crippen molar-refractivity contribution in [2.45, 2.75) is 6.92 Å². The minimum atomic E-state index is 0.0468. The number of anilines is 1. The Morgan fingerprint density at radius 1 is 1.11 bits per heavy atom. The number of hydrogen-bond donors (Lipinski definition) is 0. The number of aryl methyl sites for hydroxylation is 1. The Kier molecular flexibility index (Phi) is 3.78. The molecular weight excluding hydrogens is 360 g/mol.